The van der Waals surface area contributed by atoms with E-state index in [0.717, 1.165) is 36.8 Å². The highest BCUT2D eigenvalue weighted by Gasteiger charge is 2.68. The Hall–Kier alpha value is -2.77. The number of rotatable bonds is 7. The first-order valence-corrected chi connectivity index (χ1v) is 15.4. The minimum absolute atomic E-state index is 0.0474. The zero-order valence-corrected chi connectivity index (χ0v) is 24.4. The predicted molar refractivity (Wildman–Crippen MR) is 155 cm³/mol. The number of fused-ring (bicyclic) bond motifs is 3. The number of ether oxygens (including phenoxy) is 2. The van der Waals surface area contributed by atoms with Gasteiger partial charge in [0, 0.05) is 16.7 Å². The molecular weight excluding hydrogens is 528 g/mol. The van der Waals surface area contributed by atoms with Crippen LogP contribution in [-0.2, 0) is 14.3 Å². The van der Waals surface area contributed by atoms with Crippen molar-refractivity contribution >= 4 is 40.4 Å². The Balaban J connectivity index is 1.57. The van der Waals surface area contributed by atoms with Crippen LogP contribution in [0.1, 0.15) is 71.7 Å². The Kier molecular flexibility index (Phi) is 7.36. The van der Waals surface area contributed by atoms with Gasteiger partial charge in [0.25, 0.3) is 0 Å². The lowest BCUT2D eigenvalue weighted by Gasteiger charge is -2.66. The summed E-state index contributed by atoms with van der Waals surface area (Å²) in [5, 5.41) is 3.72. The summed E-state index contributed by atoms with van der Waals surface area (Å²) in [5.41, 5.74) is 0.401. The van der Waals surface area contributed by atoms with Crippen LogP contribution in [0.2, 0.25) is 0 Å². The molecule has 0 radical (unpaired) electrons. The summed E-state index contributed by atoms with van der Waals surface area (Å²) in [4.78, 5) is 41.0. The van der Waals surface area contributed by atoms with Gasteiger partial charge in [-0.25, -0.2) is 9.59 Å². The average Bonchev–Trinajstić information content (AvgIpc) is 3.66. The quantitative estimate of drug-likeness (QED) is 0.255. The fourth-order valence-electron chi connectivity index (χ4n) is 8.08. The molecule has 0 amide bonds. The van der Waals surface area contributed by atoms with Gasteiger partial charge in [-0.1, -0.05) is 52.1 Å². The van der Waals surface area contributed by atoms with Gasteiger partial charge in [-0.3, -0.25) is 4.79 Å². The van der Waals surface area contributed by atoms with E-state index in [0.29, 0.717) is 28.2 Å². The van der Waals surface area contributed by atoms with Crippen LogP contribution in [0.4, 0.5) is 0 Å². The van der Waals surface area contributed by atoms with Crippen LogP contribution in [-0.4, -0.2) is 30.9 Å². The van der Waals surface area contributed by atoms with Crippen LogP contribution in [0.5, 0.6) is 0 Å². The highest BCUT2D eigenvalue weighted by Crippen LogP contribution is 2.70. The molecule has 3 fully saturated rings. The van der Waals surface area contributed by atoms with Gasteiger partial charge >= 0.3 is 11.9 Å². The lowest BCUT2D eigenvalue weighted by Crippen LogP contribution is -2.64. The highest BCUT2D eigenvalue weighted by molar-refractivity contribution is 7.12. The Morgan fingerprint density at radius 1 is 1.00 bits per heavy atom. The summed E-state index contributed by atoms with van der Waals surface area (Å²) >= 11 is 2.71. The Labute approximate surface area is 238 Å². The second-order valence-electron chi connectivity index (χ2n) is 11.6. The molecule has 5 atom stereocenters. The maximum atomic E-state index is 13.9. The minimum Gasteiger partial charge on any atom is -0.461 e. The highest BCUT2D eigenvalue weighted by atomic mass is 32.1. The lowest BCUT2D eigenvalue weighted by molar-refractivity contribution is -0.159. The fourth-order valence-corrected chi connectivity index (χ4v) is 9.31. The SMILES string of the molecule is C=C1CCC2C(CC)(C(=C)C(=C)C3C(C)(COC(=O)c4cccs4)CCCC32COC(=O)c2cccs2)C1=O. The molecule has 2 aromatic heterocycles. The first-order chi connectivity index (χ1) is 18.6. The zero-order chi connectivity index (χ0) is 28.0. The van der Waals surface area contributed by atoms with Crippen LogP contribution in [0.15, 0.2) is 71.5 Å². The van der Waals surface area contributed by atoms with Gasteiger partial charge in [0.05, 0.1) is 18.6 Å². The van der Waals surface area contributed by atoms with Crippen molar-refractivity contribution < 1.29 is 23.9 Å². The van der Waals surface area contributed by atoms with E-state index in [1.807, 2.05) is 29.8 Å². The van der Waals surface area contributed by atoms with Crippen LogP contribution in [0.3, 0.4) is 0 Å². The summed E-state index contributed by atoms with van der Waals surface area (Å²) in [5.74, 6) is -0.884. The van der Waals surface area contributed by atoms with E-state index in [2.05, 4.69) is 26.7 Å². The van der Waals surface area contributed by atoms with E-state index < -0.39 is 16.2 Å². The monoisotopic (exact) mass is 564 g/mol. The maximum Gasteiger partial charge on any atom is 0.348 e. The molecule has 0 bridgehead atoms. The zero-order valence-electron chi connectivity index (χ0n) is 22.8. The standard InChI is InChI=1S/C32H36O5S2/c1-6-32-22(4)21(3)26-30(5,18-36-28(34)23-10-7-16-38-23)14-9-15-31(26,25(32)13-12-20(2)27(32)33)19-37-29(35)24-11-8-17-39-24/h7-8,10-11,16-17,25-26H,2-4,6,9,12-15,18-19H2,1,5H3. The first-order valence-electron chi connectivity index (χ1n) is 13.6. The molecule has 2 heterocycles. The second-order valence-corrected chi connectivity index (χ2v) is 13.5. The summed E-state index contributed by atoms with van der Waals surface area (Å²) in [6, 6.07) is 7.20. The smallest absolute Gasteiger partial charge is 0.348 e. The largest absolute Gasteiger partial charge is 0.461 e. The fraction of sp³-hybridized carbons (Fsp3) is 0.469. The van der Waals surface area contributed by atoms with Gasteiger partial charge in [0.2, 0.25) is 0 Å². The Morgan fingerprint density at radius 3 is 2.18 bits per heavy atom. The predicted octanol–water partition coefficient (Wildman–Crippen LogP) is 7.67. The molecule has 5 nitrogen and oxygen atoms in total. The molecule has 0 aliphatic heterocycles. The van der Waals surface area contributed by atoms with Crippen LogP contribution in [0, 0.1) is 28.1 Å². The normalized spacial score (nSPS) is 32.4. The molecule has 5 rings (SSSR count). The van der Waals surface area contributed by atoms with Gasteiger partial charge in [-0.15, -0.1) is 22.7 Å². The second kappa shape index (κ2) is 10.3. The van der Waals surface area contributed by atoms with Gasteiger partial charge in [0.1, 0.15) is 9.75 Å². The molecule has 3 aliphatic rings. The van der Waals surface area contributed by atoms with Crippen LogP contribution >= 0.6 is 22.7 Å². The maximum absolute atomic E-state index is 13.9. The number of carbonyl (C=O) groups is 3. The summed E-state index contributed by atoms with van der Waals surface area (Å²) in [7, 11) is 0. The van der Waals surface area contributed by atoms with E-state index in [9.17, 15) is 14.4 Å². The third-order valence-corrected chi connectivity index (χ3v) is 11.4. The molecule has 206 valence electrons. The molecule has 7 heteroatoms. The molecule has 0 spiro atoms. The van der Waals surface area contributed by atoms with Gasteiger partial charge in [-0.2, -0.15) is 0 Å². The van der Waals surface area contributed by atoms with Gasteiger partial charge < -0.3 is 9.47 Å². The van der Waals surface area contributed by atoms with Gasteiger partial charge in [-0.05, 0) is 77.6 Å². The van der Waals surface area contributed by atoms with E-state index in [1.54, 1.807) is 12.1 Å². The molecule has 0 aromatic carbocycles. The topological polar surface area (TPSA) is 69.7 Å². The van der Waals surface area contributed by atoms with Crippen molar-refractivity contribution in [2.75, 3.05) is 13.2 Å². The third kappa shape index (κ3) is 4.29. The van der Waals surface area contributed by atoms with Crippen molar-refractivity contribution in [1.82, 2.24) is 0 Å². The van der Waals surface area contributed by atoms with E-state index in [4.69, 9.17) is 9.47 Å². The number of esters is 2. The molecule has 0 N–H and O–H groups in total. The summed E-state index contributed by atoms with van der Waals surface area (Å²) in [6.45, 7) is 17.8. The number of Topliss-reactive ketones (excluding diaryl/α,β-unsaturated/α-hetero) is 1. The van der Waals surface area contributed by atoms with E-state index in [1.165, 1.54) is 22.7 Å². The number of ketones is 1. The van der Waals surface area contributed by atoms with E-state index in [-0.39, 0.29) is 42.8 Å². The summed E-state index contributed by atoms with van der Waals surface area (Å²) < 4.78 is 12.0. The number of allylic oxidation sites excluding steroid dienone is 3. The number of hydrogen-bond acceptors (Lipinski definition) is 7. The van der Waals surface area contributed by atoms with Crippen molar-refractivity contribution in [3.63, 3.8) is 0 Å². The first kappa shape index (κ1) is 27.8. The van der Waals surface area contributed by atoms with Gasteiger partial charge in [0.15, 0.2) is 5.78 Å². The minimum atomic E-state index is -0.815. The molecule has 2 aromatic rings. The van der Waals surface area contributed by atoms with Crippen molar-refractivity contribution in [1.29, 1.82) is 0 Å². The van der Waals surface area contributed by atoms with Crippen molar-refractivity contribution in [3.8, 4) is 0 Å². The van der Waals surface area contributed by atoms with Crippen LogP contribution in [0.25, 0.3) is 0 Å². The molecule has 3 saturated carbocycles. The Morgan fingerprint density at radius 2 is 1.62 bits per heavy atom. The number of carbonyl (C=O) groups excluding carboxylic acids is 3. The van der Waals surface area contributed by atoms with Crippen molar-refractivity contribution in [3.05, 3.63) is 81.2 Å². The van der Waals surface area contributed by atoms with Crippen LogP contribution < -0.4 is 0 Å². The summed E-state index contributed by atoms with van der Waals surface area (Å²) in [6.07, 6.45) is 4.46. The molecule has 3 aliphatic carbocycles. The molecular formula is C32H36O5S2. The number of hydrogen-bond donors (Lipinski definition) is 0. The molecule has 5 unspecified atom stereocenters. The molecule has 39 heavy (non-hydrogen) atoms. The lowest BCUT2D eigenvalue weighted by atomic mass is 9.37. The third-order valence-electron chi connectivity index (χ3n) is 9.69. The van der Waals surface area contributed by atoms with Crippen molar-refractivity contribution in [2.45, 2.75) is 52.4 Å². The number of thiophene rings is 2. The van der Waals surface area contributed by atoms with E-state index >= 15 is 0 Å². The average molecular weight is 565 g/mol. The molecule has 0 saturated heterocycles. The Bertz CT molecular complexity index is 1320. The van der Waals surface area contributed by atoms with Crippen molar-refractivity contribution in [2.24, 2.45) is 28.1 Å².